The zero-order valence-electron chi connectivity index (χ0n) is 22.7. The lowest BCUT2D eigenvalue weighted by Crippen LogP contribution is -2.27. The van der Waals surface area contributed by atoms with Gasteiger partial charge in [-0.3, -0.25) is 4.79 Å². The summed E-state index contributed by atoms with van der Waals surface area (Å²) in [7, 11) is 0. The third-order valence-corrected chi connectivity index (χ3v) is 7.33. The minimum Gasteiger partial charge on any atom is -0.508 e. The van der Waals surface area contributed by atoms with Gasteiger partial charge in [0.05, 0.1) is 17.4 Å². The Balaban J connectivity index is 1.44. The van der Waals surface area contributed by atoms with Crippen LogP contribution in [0, 0.1) is 0 Å². The number of amides is 1. The first kappa shape index (κ1) is 27.2. The Kier molecular flexibility index (Phi) is 6.76. The van der Waals surface area contributed by atoms with Crippen LogP contribution in [0.1, 0.15) is 65.1 Å². The molecular weight excluding hydrogens is 543 g/mol. The number of benzene rings is 3. The largest absolute Gasteiger partial charge is 0.508 e. The Morgan fingerprint density at radius 3 is 2.29 bits per heavy atom. The Morgan fingerprint density at radius 2 is 1.62 bits per heavy atom. The van der Waals surface area contributed by atoms with Gasteiger partial charge in [0.2, 0.25) is 0 Å². The minimum absolute atomic E-state index is 0.0195. The summed E-state index contributed by atoms with van der Waals surface area (Å²) in [5.41, 5.74) is 2.10. The van der Waals surface area contributed by atoms with Gasteiger partial charge in [0.15, 0.2) is 17.0 Å². The molecule has 7 nitrogen and oxygen atoms in total. The van der Waals surface area contributed by atoms with Gasteiger partial charge in [0.1, 0.15) is 5.75 Å². The summed E-state index contributed by atoms with van der Waals surface area (Å²) < 4.78 is 43.3. The lowest BCUT2D eigenvalue weighted by atomic mass is 9.97. The van der Waals surface area contributed by atoms with Crippen LogP contribution in [0.4, 0.5) is 13.2 Å². The molecule has 1 atom stereocenters. The molecule has 0 bridgehead atoms. The maximum absolute atomic E-state index is 14.2. The van der Waals surface area contributed by atoms with Gasteiger partial charge in [-0.15, -0.1) is 0 Å². The average Bonchev–Trinajstić information content (AvgIpc) is 3.62. The molecule has 3 aromatic carbocycles. The number of nitrogens with zero attached hydrogens (tertiary/aromatic N) is 5. The lowest BCUT2D eigenvalue weighted by molar-refractivity contribution is -0.142. The van der Waals surface area contributed by atoms with Crippen molar-refractivity contribution in [1.29, 1.82) is 0 Å². The van der Waals surface area contributed by atoms with Crippen LogP contribution in [0.25, 0.3) is 16.9 Å². The fourth-order valence-electron chi connectivity index (χ4n) is 5.10. The summed E-state index contributed by atoms with van der Waals surface area (Å²) in [6, 6.07) is 24.5. The topological polar surface area (TPSA) is 83.1 Å². The van der Waals surface area contributed by atoms with Gasteiger partial charge >= 0.3 is 6.18 Å². The maximum atomic E-state index is 14.2. The van der Waals surface area contributed by atoms with Gasteiger partial charge in [0, 0.05) is 23.6 Å². The summed E-state index contributed by atoms with van der Waals surface area (Å²) in [6.45, 7) is 4.06. The molecule has 3 heterocycles. The number of hydrogen-bond acceptors (Lipinski definition) is 5. The van der Waals surface area contributed by atoms with E-state index in [0.29, 0.717) is 27.8 Å². The normalized spacial score (nSPS) is 15.4. The molecule has 0 unspecified atom stereocenters. The second kappa shape index (κ2) is 10.4. The fourth-order valence-corrected chi connectivity index (χ4v) is 5.10. The molecule has 0 saturated carbocycles. The first-order valence-corrected chi connectivity index (χ1v) is 13.4. The monoisotopic (exact) mass is 569 g/mol. The predicted molar refractivity (Wildman–Crippen MR) is 152 cm³/mol. The summed E-state index contributed by atoms with van der Waals surface area (Å²) >= 11 is 0. The second-order valence-electron chi connectivity index (χ2n) is 10.4. The molecule has 0 saturated heterocycles. The summed E-state index contributed by atoms with van der Waals surface area (Å²) in [4.78, 5) is 18.3. The molecule has 0 fully saturated rings. The molecule has 0 aliphatic carbocycles. The molecule has 5 aromatic rings. The Labute approximate surface area is 239 Å². The van der Waals surface area contributed by atoms with Crippen molar-refractivity contribution in [3.63, 3.8) is 0 Å². The quantitative estimate of drug-likeness (QED) is 0.242. The highest BCUT2D eigenvalue weighted by atomic mass is 19.4. The van der Waals surface area contributed by atoms with Crippen molar-refractivity contribution in [3.8, 4) is 17.0 Å². The van der Waals surface area contributed by atoms with Crippen molar-refractivity contribution in [3.05, 3.63) is 119 Å². The summed E-state index contributed by atoms with van der Waals surface area (Å²) in [5.74, 6) is -0.467. The van der Waals surface area contributed by atoms with Crippen LogP contribution in [0.15, 0.2) is 96.1 Å². The van der Waals surface area contributed by atoms with Gasteiger partial charge in [0.25, 0.3) is 5.91 Å². The number of hydrogen-bond donors (Lipinski definition) is 1. The number of aromatic hydroxyl groups is 1. The minimum atomic E-state index is -4.76. The van der Waals surface area contributed by atoms with E-state index in [9.17, 15) is 23.1 Å². The smallest absolute Gasteiger partial charge is 0.433 e. The number of alkyl halides is 3. The third kappa shape index (κ3) is 5.00. The maximum Gasteiger partial charge on any atom is 0.433 e. The van der Waals surface area contributed by atoms with Crippen molar-refractivity contribution in [2.75, 3.05) is 0 Å². The van der Waals surface area contributed by atoms with Crippen molar-refractivity contribution in [1.82, 2.24) is 19.6 Å². The molecule has 42 heavy (non-hydrogen) atoms. The SMILES string of the molecule is CC(C)c1ccc(-c2cc(C(F)(F)F)n3nc(C(=O)N4N=C(c5ccccc5)C[C@H]4c4ccccc4O)cc3n2)cc1. The number of hydrazone groups is 1. The predicted octanol–water partition coefficient (Wildman–Crippen LogP) is 7.24. The van der Waals surface area contributed by atoms with Gasteiger partial charge in [-0.25, -0.2) is 14.5 Å². The van der Waals surface area contributed by atoms with Crippen LogP contribution in [0.2, 0.25) is 0 Å². The lowest BCUT2D eigenvalue weighted by Gasteiger charge is -2.21. The number of aromatic nitrogens is 3. The molecule has 6 rings (SSSR count). The van der Waals surface area contributed by atoms with Crippen LogP contribution in [0.5, 0.6) is 5.75 Å². The number of halogens is 3. The van der Waals surface area contributed by atoms with E-state index in [4.69, 9.17) is 0 Å². The van der Waals surface area contributed by atoms with Gasteiger partial charge in [-0.2, -0.15) is 23.4 Å². The molecule has 1 aliphatic rings. The van der Waals surface area contributed by atoms with Gasteiger partial charge in [-0.05, 0) is 29.2 Å². The van der Waals surface area contributed by atoms with E-state index >= 15 is 0 Å². The van der Waals surface area contributed by atoms with Crippen LogP contribution >= 0.6 is 0 Å². The van der Waals surface area contributed by atoms with E-state index in [1.165, 1.54) is 17.1 Å². The number of carbonyl (C=O) groups excluding carboxylic acids is 1. The first-order valence-electron chi connectivity index (χ1n) is 13.4. The average molecular weight is 570 g/mol. The molecule has 0 radical (unpaired) electrons. The molecule has 0 spiro atoms. The van der Waals surface area contributed by atoms with E-state index in [1.807, 2.05) is 56.3 Å². The highest BCUT2D eigenvalue weighted by molar-refractivity contribution is 6.05. The van der Waals surface area contributed by atoms with Crippen LogP contribution in [-0.2, 0) is 6.18 Å². The molecule has 2 aromatic heterocycles. The fraction of sp³-hybridized carbons (Fsp3) is 0.188. The van der Waals surface area contributed by atoms with Crippen molar-refractivity contribution in [2.24, 2.45) is 5.10 Å². The third-order valence-electron chi connectivity index (χ3n) is 7.33. The second-order valence-corrected chi connectivity index (χ2v) is 10.4. The standard InChI is InChI=1S/C32H26F3N5O2/c1-19(2)20-12-14-22(15-13-20)24-17-29(32(33,34)35)40-30(36-24)18-26(38-40)31(42)39-27(23-10-6-7-11-28(23)41)16-25(37-39)21-8-4-3-5-9-21/h3-15,17-19,27,41H,16H2,1-2H3/t27-/m0/s1. The number of fused-ring (bicyclic) bond motifs is 1. The van der Waals surface area contributed by atoms with E-state index in [0.717, 1.165) is 17.2 Å². The Morgan fingerprint density at radius 1 is 0.929 bits per heavy atom. The van der Waals surface area contributed by atoms with Gasteiger partial charge < -0.3 is 5.11 Å². The Hall–Kier alpha value is -4.99. The van der Waals surface area contributed by atoms with E-state index in [1.54, 1.807) is 30.3 Å². The van der Waals surface area contributed by atoms with E-state index in [2.05, 4.69) is 15.2 Å². The number of carbonyl (C=O) groups is 1. The Bertz CT molecular complexity index is 1810. The van der Waals surface area contributed by atoms with Crippen molar-refractivity contribution >= 4 is 17.3 Å². The van der Waals surface area contributed by atoms with Crippen molar-refractivity contribution in [2.45, 2.75) is 38.4 Å². The van der Waals surface area contributed by atoms with E-state index < -0.39 is 23.8 Å². The van der Waals surface area contributed by atoms with E-state index in [-0.39, 0.29) is 28.7 Å². The zero-order valence-corrected chi connectivity index (χ0v) is 22.7. The van der Waals surface area contributed by atoms with Gasteiger partial charge in [-0.1, -0.05) is 86.6 Å². The highest BCUT2D eigenvalue weighted by Crippen LogP contribution is 2.38. The van der Waals surface area contributed by atoms with Crippen molar-refractivity contribution < 1.29 is 23.1 Å². The number of phenolic OH excluding ortho intramolecular Hbond substituents is 1. The zero-order chi connectivity index (χ0) is 29.6. The molecular formula is C32H26F3N5O2. The molecule has 1 amide bonds. The summed E-state index contributed by atoms with van der Waals surface area (Å²) in [6.07, 6.45) is -4.46. The molecule has 212 valence electrons. The van der Waals surface area contributed by atoms with Crippen LogP contribution in [-0.4, -0.2) is 36.3 Å². The number of rotatable bonds is 5. The highest BCUT2D eigenvalue weighted by Gasteiger charge is 2.38. The number of para-hydroxylation sites is 1. The molecule has 10 heteroatoms. The first-order chi connectivity index (χ1) is 20.1. The van der Waals surface area contributed by atoms with Crippen LogP contribution < -0.4 is 0 Å². The molecule has 1 N–H and O–H groups in total. The van der Waals surface area contributed by atoms with Crippen LogP contribution in [0.3, 0.4) is 0 Å². The summed E-state index contributed by atoms with van der Waals surface area (Å²) in [5, 5.41) is 20.4. The molecule has 1 aliphatic heterocycles. The number of phenols is 1.